The molecule has 0 N–H and O–H groups in total. The first-order chi connectivity index (χ1) is 15.0. The van der Waals surface area contributed by atoms with Crippen molar-refractivity contribution in [3.8, 4) is 5.69 Å². The van der Waals surface area contributed by atoms with Gasteiger partial charge in [-0.05, 0) is 50.5 Å². The highest BCUT2D eigenvalue weighted by molar-refractivity contribution is 6.02. The van der Waals surface area contributed by atoms with E-state index in [1.165, 1.54) is 4.57 Å². The Labute approximate surface area is 178 Å². The van der Waals surface area contributed by atoms with Gasteiger partial charge in [0, 0.05) is 18.5 Å². The van der Waals surface area contributed by atoms with Gasteiger partial charge in [-0.3, -0.25) is 14.2 Å². The smallest absolute Gasteiger partial charge is 0.336 e. The first kappa shape index (κ1) is 19.4. The fraction of sp³-hybridized carbons (Fsp3) is 0.292. The van der Waals surface area contributed by atoms with Crippen molar-refractivity contribution in [2.45, 2.75) is 32.7 Å². The van der Waals surface area contributed by atoms with Gasteiger partial charge < -0.3 is 9.32 Å². The van der Waals surface area contributed by atoms with Crippen LogP contribution >= 0.6 is 0 Å². The molecule has 1 saturated heterocycles. The standard InChI is InChI=1S/C24H23N3O4/c1-16-9-11-17(12-10-16)27-23(29)22-21(18-7-3-4-8-19(18)31-22)26(24(27)30)15-20(28)25-13-5-2-6-14-25/h3-4,7-12H,2,5-6,13-15H2,1H3. The SMILES string of the molecule is Cc1ccc(-n2c(=O)c3oc4ccccc4c3n(CC(=O)N3CCCCC3)c2=O)cc1. The number of para-hydroxylation sites is 1. The van der Waals surface area contributed by atoms with E-state index in [1.54, 1.807) is 29.2 Å². The minimum atomic E-state index is -0.543. The third kappa shape index (κ3) is 3.26. The van der Waals surface area contributed by atoms with Gasteiger partial charge in [-0.1, -0.05) is 29.8 Å². The molecule has 0 radical (unpaired) electrons. The molecule has 1 fully saturated rings. The molecule has 0 unspecified atom stereocenters. The van der Waals surface area contributed by atoms with Crippen molar-refractivity contribution >= 4 is 28.0 Å². The molecule has 7 nitrogen and oxygen atoms in total. The summed E-state index contributed by atoms with van der Waals surface area (Å²) >= 11 is 0. The van der Waals surface area contributed by atoms with E-state index in [2.05, 4.69) is 0 Å². The maximum Gasteiger partial charge on any atom is 0.336 e. The normalized spacial score (nSPS) is 14.4. The molecule has 1 aliphatic rings. The number of aryl methyl sites for hydroxylation is 1. The number of hydrogen-bond acceptors (Lipinski definition) is 4. The number of carbonyl (C=O) groups excluding carboxylic acids is 1. The Morgan fingerprint density at radius 1 is 0.968 bits per heavy atom. The average Bonchev–Trinajstić information content (AvgIpc) is 3.18. The van der Waals surface area contributed by atoms with Gasteiger partial charge in [-0.2, -0.15) is 0 Å². The molecule has 0 bridgehead atoms. The van der Waals surface area contributed by atoms with Gasteiger partial charge in [-0.25, -0.2) is 9.36 Å². The van der Waals surface area contributed by atoms with Crippen LogP contribution in [-0.4, -0.2) is 33.0 Å². The molecule has 0 aliphatic carbocycles. The molecular weight excluding hydrogens is 394 g/mol. The van der Waals surface area contributed by atoms with Gasteiger partial charge >= 0.3 is 11.2 Å². The van der Waals surface area contributed by atoms with Gasteiger partial charge in [-0.15, -0.1) is 0 Å². The molecule has 31 heavy (non-hydrogen) atoms. The van der Waals surface area contributed by atoms with Crippen LogP contribution in [0.15, 0.2) is 62.5 Å². The zero-order valence-corrected chi connectivity index (χ0v) is 17.3. The number of amides is 1. The first-order valence-electron chi connectivity index (χ1n) is 10.6. The molecule has 1 aliphatic heterocycles. The fourth-order valence-electron chi connectivity index (χ4n) is 4.30. The number of hydrogen-bond donors (Lipinski definition) is 0. The molecule has 1 amide bonds. The van der Waals surface area contributed by atoms with Crippen molar-refractivity contribution in [2.75, 3.05) is 13.1 Å². The summed E-state index contributed by atoms with van der Waals surface area (Å²) in [5.41, 5.74) is 1.35. The number of benzene rings is 2. The molecule has 0 spiro atoms. The molecular formula is C24H23N3O4. The van der Waals surface area contributed by atoms with E-state index >= 15 is 0 Å². The van der Waals surface area contributed by atoms with E-state index in [-0.39, 0.29) is 18.0 Å². The minimum Gasteiger partial charge on any atom is -0.449 e. The van der Waals surface area contributed by atoms with Crippen LogP contribution in [0, 0.1) is 6.92 Å². The predicted octanol–water partition coefficient (Wildman–Crippen LogP) is 3.22. The van der Waals surface area contributed by atoms with Crippen molar-refractivity contribution in [1.29, 1.82) is 0 Å². The molecule has 2 aromatic heterocycles. The van der Waals surface area contributed by atoms with Crippen LogP contribution in [0.2, 0.25) is 0 Å². The Kier molecular flexibility index (Phi) is 4.73. The van der Waals surface area contributed by atoms with Gasteiger partial charge in [0.25, 0.3) is 0 Å². The van der Waals surface area contributed by atoms with E-state index in [0.717, 1.165) is 29.4 Å². The highest BCUT2D eigenvalue weighted by Gasteiger charge is 2.24. The lowest BCUT2D eigenvalue weighted by molar-refractivity contribution is -0.132. The summed E-state index contributed by atoms with van der Waals surface area (Å²) in [5.74, 6) is -0.123. The highest BCUT2D eigenvalue weighted by atomic mass is 16.3. The van der Waals surface area contributed by atoms with Gasteiger partial charge in [0.1, 0.15) is 17.6 Å². The number of nitrogens with zero attached hydrogens (tertiary/aromatic N) is 3. The van der Waals surface area contributed by atoms with Crippen LogP contribution < -0.4 is 11.2 Å². The molecule has 0 saturated carbocycles. The highest BCUT2D eigenvalue weighted by Crippen LogP contribution is 2.26. The van der Waals surface area contributed by atoms with Crippen LogP contribution in [0.5, 0.6) is 0 Å². The summed E-state index contributed by atoms with van der Waals surface area (Å²) in [4.78, 5) is 41.7. The number of piperidine rings is 1. The quantitative estimate of drug-likeness (QED) is 0.513. The summed E-state index contributed by atoms with van der Waals surface area (Å²) in [6.45, 7) is 3.19. The molecule has 3 heterocycles. The molecule has 4 aromatic rings. The number of fused-ring (bicyclic) bond motifs is 3. The molecule has 0 atom stereocenters. The summed E-state index contributed by atoms with van der Waals surface area (Å²) in [7, 11) is 0. The molecule has 7 heteroatoms. The maximum atomic E-state index is 13.6. The van der Waals surface area contributed by atoms with Gasteiger partial charge in [0.05, 0.1) is 5.69 Å². The molecule has 5 rings (SSSR count). The Bertz CT molecular complexity index is 1400. The van der Waals surface area contributed by atoms with Crippen LogP contribution in [-0.2, 0) is 11.3 Å². The lowest BCUT2D eigenvalue weighted by Gasteiger charge is -2.27. The van der Waals surface area contributed by atoms with Crippen LogP contribution in [0.1, 0.15) is 24.8 Å². The zero-order valence-electron chi connectivity index (χ0n) is 17.3. The first-order valence-corrected chi connectivity index (χ1v) is 10.6. The minimum absolute atomic E-state index is 0.0767. The van der Waals surface area contributed by atoms with Crippen molar-refractivity contribution in [1.82, 2.24) is 14.0 Å². The molecule has 158 valence electrons. The third-order valence-corrected chi connectivity index (χ3v) is 5.95. The second-order valence-corrected chi connectivity index (χ2v) is 8.06. The summed E-state index contributed by atoms with van der Waals surface area (Å²) in [5, 5.41) is 0.647. The third-order valence-electron chi connectivity index (χ3n) is 5.95. The van der Waals surface area contributed by atoms with Crippen molar-refractivity contribution in [3.63, 3.8) is 0 Å². The van der Waals surface area contributed by atoms with Crippen LogP contribution in [0.25, 0.3) is 27.8 Å². The van der Waals surface area contributed by atoms with Crippen molar-refractivity contribution in [2.24, 2.45) is 0 Å². The summed E-state index contributed by atoms with van der Waals surface area (Å²) in [6.07, 6.45) is 3.04. The largest absolute Gasteiger partial charge is 0.449 e. The lowest BCUT2D eigenvalue weighted by atomic mass is 10.1. The number of aromatic nitrogens is 2. The Hall–Kier alpha value is -3.61. The fourth-order valence-corrected chi connectivity index (χ4v) is 4.30. The monoisotopic (exact) mass is 417 g/mol. The van der Waals surface area contributed by atoms with E-state index in [9.17, 15) is 14.4 Å². The van der Waals surface area contributed by atoms with Crippen molar-refractivity contribution < 1.29 is 9.21 Å². The number of likely N-dealkylation sites (tertiary alicyclic amines) is 1. The molecule has 2 aromatic carbocycles. The Morgan fingerprint density at radius 3 is 2.42 bits per heavy atom. The van der Waals surface area contributed by atoms with Crippen LogP contribution in [0.3, 0.4) is 0 Å². The van der Waals surface area contributed by atoms with Crippen molar-refractivity contribution in [3.05, 3.63) is 74.9 Å². The average molecular weight is 417 g/mol. The van der Waals surface area contributed by atoms with Gasteiger partial charge in [0.2, 0.25) is 11.5 Å². The Morgan fingerprint density at radius 2 is 1.68 bits per heavy atom. The Balaban J connectivity index is 1.77. The maximum absolute atomic E-state index is 13.6. The topological polar surface area (TPSA) is 77.5 Å². The number of furan rings is 1. The second-order valence-electron chi connectivity index (χ2n) is 8.06. The van der Waals surface area contributed by atoms with E-state index < -0.39 is 11.2 Å². The predicted molar refractivity (Wildman–Crippen MR) is 119 cm³/mol. The lowest BCUT2D eigenvalue weighted by Crippen LogP contribution is -2.43. The summed E-state index contributed by atoms with van der Waals surface area (Å²) < 4.78 is 8.35. The number of rotatable bonds is 3. The second kappa shape index (κ2) is 7.58. The number of carbonyl (C=O) groups is 1. The van der Waals surface area contributed by atoms with E-state index in [1.807, 2.05) is 31.2 Å². The zero-order chi connectivity index (χ0) is 21.5. The van der Waals surface area contributed by atoms with Gasteiger partial charge in [0.15, 0.2) is 0 Å². The summed E-state index contributed by atoms with van der Waals surface area (Å²) in [6, 6.07) is 14.3. The van der Waals surface area contributed by atoms with E-state index in [0.29, 0.717) is 35.3 Å². The van der Waals surface area contributed by atoms with E-state index in [4.69, 9.17) is 4.42 Å². The van der Waals surface area contributed by atoms with Crippen LogP contribution in [0.4, 0.5) is 0 Å².